The Labute approximate surface area is 130 Å². The van der Waals surface area contributed by atoms with Crippen molar-refractivity contribution < 1.29 is 9.84 Å². The van der Waals surface area contributed by atoms with Crippen LogP contribution in [0.2, 0.25) is 5.02 Å². The van der Waals surface area contributed by atoms with Crippen molar-refractivity contribution in [1.29, 1.82) is 0 Å². The molecule has 0 bridgehead atoms. The highest BCUT2D eigenvalue weighted by molar-refractivity contribution is 6.31. The number of benzene rings is 1. The molecule has 1 heterocycles. The number of aryl methyl sites for hydroxylation is 2. The predicted octanol–water partition coefficient (Wildman–Crippen LogP) is 3.29. The summed E-state index contributed by atoms with van der Waals surface area (Å²) in [7, 11) is 1.66. The predicted molar refractivity (Wildman–Crippen MR) is 83.5 cm³/mol. The third-order valence-corrected chi connectivity index (χ3v) is 3.98. The Morgan fingerprint density at radius 2 is 2.19 bits per heavy atom. The molecule has 114 valence electrons. The molecule has 0 aliphatic rings. The minimum absolute atomic E-state index is 0.448. The maximum absolute atomic E-state index is 10.5. The molecule has 0 spiro atoms. The molecule has 0 aliphatic carbocycles. The topological polar surface area (TPSA) is 47.3 Å². The molecule has 0 aliphatic heterocycles. The molecule has 0 radical (unpaired) electrons. The summed E-state index contributed by atoms with van der Waals surface area (Å²) in [6.07, 6.45) is -0.162. The van der Waals surface area contributed by atoms with Gasteiger partial charge in [0.05, 0.1) is 29.1 Å². The van der Waals surface area contributed by atoms with E-state index >= 15 is 0 Å². The second-order valence-electron chi connectivity index (χ2n) is 5.06. The third-order valence-electron chi connectivity index (χ3n) is 3.49. The van der Waals surface area contributed by atoms with Crippen LogP contribution in [0.1, 0.15) is 35.5 Å². The molecule has 1 aromatic carbocycles. The smallest absolute Gasteiger partial charge is 0.0848 e. The van der Waals surface area contributed by atoms with Gasteiger partial charge >= 0.3 is 0 Å². The van der Waals surface area contributed by atoms with E-state index in [2.05, 4.69) is 5.10 Å². The van der Waals surface area contributed by atoms with Crippen molar-refractivity contribution in [3.63, 3.8) is 0 Å². The van der Waals surface area contributed by atoms with Gasteiger partial charge in [-0.2, -0.15) is 5.10 Å². The third kappa shape index (κ3) is 3.64. The van der Waals surface area contributed by atoms with E-state index in [-0.39, 0.29) is 0 Å². The van der Waals surface area contributed by atoms with Crippen LogP contribution >= 0.6 is 11.6 Å². The van der Waals surface area contributed by atoms with Crippen LogP contribution in [0.3, 0.4) is 0 Å². The van der Waals surface area contributed by atoms with Gasteiger partial charge in [-0.25, -0.2) is 0 Å². The van der Waals surface area contributed by atoms with E-state index in [4.69, 9.17) is 16.3 Å². The lowest BCUT2D eigenvalue weighted by molar-refractivity contribution is 0.172. The Hall–Kier alpha value is -1.36. The Kier molecular flexibility index (Phi) is 5.39. The zero-order valence-electron chi connectivity index (χ0n) is 12.6. The number of hydrogen-bond acceptors (Lipinski definition) is 3. The summed E-state index contributed by atoms with van der Waals surface area (Å²) in [6, 6.07) is 7.78. The maximum Gasteiger partial charge on any atom is 0.0848 e. The first-order valence-electron chi connectivity index (χ1n) is 7.04. The lowest BCUT2D eigenvalue weighted by Crippen LogP contribution is -2.09. The van der Waals surface area contributed by atoms with Crippen molar-refractivity contribution in [1.82, 2.24) is 9.78 Å². The Morgan fingerprint density at radius 3 is 2.86 bits per heavy atom. The molecule has 1 N–H and O–H groups in total. The molecule has 0 saturated carbocycles. The summed E-state index contributed by atoms with van der Waals surface area (Å²) < 4.78 is 6.97. The van der Waals surface area contributed by atoms with E-state index in [9.17, 15) is 5.11 Å². The molecule has 0 saturated heterocycles. The Bertz CT molecular complexity index is 610. The van der Waals surface area contributed by atoms with Gasteiger partial charge in [-0.05, 0) is 25.0 Å². The average Bonchev–Trinajstić information content (AvgIpc) is 2.75. The van der Waals surface area contributed by atoms with Gasteiger partial charge in [0.25, 0.3) is 0 Å². The van der Waals surface area contributed by atoms with Crippen molar-refractivity contribution in [2.24, 2.45) is 0 Å². The van der Waals surface area contributed by atoms with E-state index < -0.39 is 6.10 Å². The highest BCUT2D eigenvalue weighted by Gasteiger charge is 2.17. The first-order chi connectivity index (χ1) is 10.1. The second kappa shape index (κ2) is 7.07. The monoisotopic (exact) mass is 308 g/mol. The number of methoxy groups -OCH3 is 1. The molecule has 1 aromatic heterocycles. The van der Waals surface area contributed by atoms with Crippen LogP contribution in [0, 0.1) is 6.92 Å². The number of aliphatic hydroxyl groups is 1. The second-order valence-corrected chi connectivity index (χ2v) is 5.44. The molecule has 0 amide bonds. The number of aliphatic hydroxyl groups excluding tert-OH is 1. The summed E-state index contributed by atoms with van der Waals surface area (Å²) in [6.45, 7) is 5.16. The number of ether oxygens (including phenoxy) is 1. The Balaban J connectivity index is 2.21. The molecule has 4 nitrogen and oxygen atoms in total. The number of nitrogens with zero attached hydrogens (tertiary/aromatic N) is 2. The standard InChI is InChI=1S/C16H21ClN2O2/c1-4-19-14(16(17)11(2)18-19)9-15(20)13-7-5-6-12(8-13)10-21-3/h5-8,15,20H,4,9-10H2,1-3H3. The van der Waals surface area contributed by atoms with Gasteiger partial charge in [-0.3, -0.25) is 4.68 Å². The molecule has 0 fully saturated rings. The first kappa shape index (κ1) is 16.0. The van der Waals surface area contributed by atoms with Crippen molar-refractivity contribution in [2.75, 3.05) is 7.11 Å². The fourth-order valence-electron chi connectivity index (χ4n) is 2.42. The van der Waals surface area contributed by atoms with E-state index in [0.717, 1.165) is 29.1 Å². The van der Waals surface area contributed by atoms with Gasteiger partial charge < -0.3 is 9.84 Å². The molecule has 1 atom stereocenters. The van der Waals surface area contributed by atoms with Crippen LogP contribution in [0.25, 0.3) is 0 Å². The van der Waals surface area contributed by atoms with Crippen LogP contribution in [0.5, 0.6) is 0 Å². The zero-order chi connectivity index (χ0) is 15.4. The molecule has 1 unspecified atom stereocenters. The van der Waals surface area contributed by atoms with E-state index in [1.807, 2.05) is 42.8 Å². The van der Waals surface area contributed by atoms with Gasteiger partial charge in [-0.1, -0.05) is 35.9 Å². The minimum atomic E-state index is -0.610. The van der Waals surface area contributed by atoms with Gasteiger partial charge in [0.2, 0.25) is 0 Å². The number of rotatable bonds is 6. The van der Waals surface area contributed by atoms with E-state index in [0.29, 0.717) is 18.1 Å². The largest absolute Gasteiger partial charge is 0.388 e. The number of halogens is 1. The number of aromatic nitrogens is 2. The molecule has 5 heteroatoms. The molecule has 2 aromatic rings. The molecular formula is C16H21ClN2O2. The van der Waals surface area contributed by atoms with Gasteiger partial charge in [-0.15, -0.1) is 0 Å². The summed E-state index contributed by atoms with van der Waals surface area (Å²) >= 11 is 6.29. The van der Waals surface area contributed by atoms with E-state index in [1.165, 1.54) is 0 Å². The average molecular weight is 309 g/mol. The summed E-state index contributed by atoms with van der Waals surface area (Å²) in [5, 5.41) is 15.5. The van der Waals surface area contributed by atoms with Gasteiger partial charge in [0.15, 0.2) is 0 Å². The highest BCUT2D eigenvalue weighted by atomic mass is 35.5. The summed E-state index contributed by atoms with van der Waals surface area (Å²) in [5.41, 5.74) is 3.58. The number of hydrogen-bond donors (Lipinski definition) is 1. The van der Waals surface area contributed by atoms with Crippen LogP contribution in [-0.4, -0.2) is 22.0 Å². The van der Waals surface area contributed by atoms with Crippen LogP contribution < -0.4 is 0 Å². The lowest BCUT2D eigenvalue weighted by Gasteiger charge is -2.13. The fourth-order valence-corrected chi connectivity index (χ4v) is 2.63. The lowest BCUT2D eigenvalue weighted by atomic mass is 10.0. The van der Waals surface area contributed by atoms with E-state index in [1.54, 1.807) is 7.11 Å². The maximum atomic E-state index is 10.5. The highest BCUT2D eigenvalue weighted by Crippen LogP contribution is 2.26. The van der Waals surface area contributed by atoms with Crippen molar-refractivity contribution in [2.45, 2.75) is 39.5 Å². The quantitative estimate of drug-likeness (QED) is 0.891. The minimum Gasteiger partial charge on any atom is -0.388 e. The molecule has 21 heavy (non-hydrogen) atoms. The summed E-state index contributed by atoms with van der Waals surface area (Å²) in [5.74, 6) is 0. The van der Waals surface area contributed by atoms with Crippen molar-refractivity contribution in [3.8, 4) is 0 Å². The Morgan fingerprint density at radius 1 is 1.43 bits per heavy atom. The van der Waals surface area contributed by atoms with Crippen LogP contribution in [-0.2, 0) is 24.3 Å². The van der Waals surface area contributed by atoms with Gasteiger partial charge in [0.1, 0.15) is 0 Å². The fraction of sp³-hybridized carbons (Fsp3) is 0.438. The summed E-state index contributed by atoms with van der Waals surface area (Å²) in [4.78, 5) is 0. The molecule has 2 rings (SSSR count). The van der Waals surface area contributed by atoms with Crippen LogP contribution in [0.4, 0.5) is 0 Å². The SMILES string of the molecule is CCn1nc(C)c(Cl)c1CC(O)c1cccc(COC)c1. The van der Waals surface area contributed by atoms with Gasteiger partial charge in [0, 0.05) is 20.1 Å². The normalized spacial score (nSPS) is 12.6. The first-order valence-corrected chi connectivity index (χ1v) is 7.42. The van der Waals surface area contributed by atoms with Crippen LogP contribution in [0.15, 0.2) is 24.3 Å². The van der Waals surface area contributed by atoms with Crippen molar-refractivity contribution >= 4 is 11.6 Å². The van der Waals surface area contributed by atoms with Crippen molar-refractivity contribution in [3.05, 3.63) is 51.8 Å². The molecular weight excluding hydrogens is 288 g/mol. The zero-order valence-corrected chi connectivity index (χ0v) is 13.4.